The fraction of sp³-hybridized carbons (Fsp3) is 0.326. The van der Waals surface area contributed by atoms with E-state index in [1.165, 1.54) is 21.3 Å². The predicted molar refractivity (Wildman–Crippen MR) is 454 cm³/mol. The molecule has 0 bridgehead atoms. The van der Waals surface area contributed by atoms with Crippen molar-refractivity contribution in [3.05, 3.63) is 252 Å². The number of nitrogens with zero attached hydrogens (tertiary/aromatic N) is 9. The molecule has 4 aliphatic heterocycles. The van der Waals surface area contributed by atoms with E-state index in [-0.39, 0.29) is 48.2 Å². The van der Waals surface area contributed by atoms with Crippen molar-refractivity contribution in [2.75, 3.05) is 47.5 Å². The van der Waals surface area contributed by atoms with E-state index in [2.05, 4.69) is 151 Å². The van der Waals surface area contributed by atoms with Crippen LogP contribution >= 0.6 is 0 Å². The van der Waals surface area contributed by atoms with E-state index in [4.69, 9.17) is 24.2 Å². The molecular formula is C92H101N15O14. The molecule has 0 spiro atoms. The highest BCUT2D eigenvalue weighted by Crippen LogP contribution is 2.41. The molecule has 11 aromatic rings. The van der Waals surface area contributed by atoms with Gasteiger partial charge in [-0.15, -0.1) is 0 Å². The number of aromatic amines is 4. The Morgan fingerprint density at radius 2 is 0.694 bits per heavy atom. The van der Waals surface area contributed by atoms with E-state index >= 15 is 0 Å². The molecule has 4 aromatic heterocycles. The summed E-state index contributed by atoms with van der Waals surface area (Å²) in [5.74, 6) is -1.45. The number of methoxy groups -OCH3 is 2. The number of amides is 6. The average Bonchev–Trinajstić information content (AvgIpc) is 1.64. The minimum Gasteiger partial charge on any atom is -0.479 e. The van der Waals surface area contributed by atoms with Crippen molar-refractivity contribution in [1.82, 2.24) is 71.0 Å². The number of H-pyrrole nitrogens is 4. The Kier molecular flexibility index (Phi) is 27.3. The quantitative estimate of drug-likeness (QED) is 0.0115. The molecule has 0 saturated carbocycles. The number of benzene rings is 7. The van der Waals surface area contributed by atoms with Crippen LogP contribution in [-0.4, -0.2) is 173 Å². The second-order valence-electron chi connectivity index (χ2n) is 31.8. The van der Waals surface area contributed by atoms with Crippen molar-refractivity contribution in [3.8, 4) is 67.3 Å². The summed E-state index contributed by atoms with van der Waals surface area (Å²) in [5, 5.41) is 44.9. The van der Waals surface area contributed by atoms with Crippen LogP contribution in [0.15, 0.2) is 217 Å². The Balaban J connectivity index is 0.000000182. The number of ether oxygens (including phenoxy) is 4. The fourth-order valence-corrected chi connectivity index (χ4v) is 15.5. The van der Waals surface area contributed by atoms with E-state index in [9.17, 15) is 33.6 Å². The molecule has 15 rings (SSSR count). The first-order valence-electron chi connectivity index (χ1n) is 40.4. The summed E-state index contributed by atoms with van der Waals surface area (Å²) < 4.78 is 20.4. The van der Waals surface area contributed by atoms with Gasteiger partial charge in [-0.25, -0.2) is 29.0 Å². The molecule has 29 nitrogen and oxygen atoms in total. The second kappa shape index (κ2) is 38.8. The molecule has 8 heterocycles. The molecule has 7 atom stereocenters. The predicted octanol–water partition coefficient (Wildman–Crippen LogP) is 17.4. The number of aliphatic carboxylic acids is 1. The maximum absolute atomic E-state index is 13.9. The number of rotatable bonds is 21. The maximum atomic E-state index is 13.9. The number of alkyl carbamates (subject to hydrolysis) is 2. The Morgan fingerprint density at radius 3 is 1.01 bits per heavy atom. The molecule has 0 radical (unpaired) electrons. The van der Waals surface area contributed by atoms with Crippen molar-refractivity contribution in [1.29, 1.82) is 0 Å². The summed E-state index contributed by atoms with van der Waals surface area (Å²) in [5.41, 5.74) is 15.9. The summed E-state index contributed by atoms with van der Waals surface area (Å²) >= 11 is 0. The van der Waals surface area contributed by atoms with Gasteiger partial charge in [-0.3, -0.25) is 39.8 Å². The van der Waals surface area contributed by atoms with Crippen molar-refractivity contribution in [3.63, 3.8) is 0 Å². The highest BCUT2D eigenvalue weighted by Gasteiger charge is 2.40. The number of carbonyl (C=O) groups excluding carboxylic acids is 6. The third-order valence-electron chi connectivity index (χ3n) is 21.4. The van der Waals surface area contributed by atoms with Crippen LogP contribution < -0.4 is 10.6 Å². The van der Waals surface area contributed by atoms with Crippen LogP contribution in [0.4, 0.5) is 19.2 Å². The molecular weight excluding hydrogens is 1540 g/mol. The largest absolute Gasteiger partial charge is 0.479 e. The molecule has 6 amide bonds. The Hall–Kier alpha value is -13.7. The molecule has 7 aromatic carbocycles. The van der Waals surface area contributed by atoms with Crippen LogP contribution in [0.2, 0.25) is 0 Å². The van der Waals surface area contributed by atoms with Gasteiger partial charge in [0.1, 0.15) is 17.2 Å². The summed E-state index contributed by atoms with van der Waals surface area (Å²) in [7, 11) is 3.85. The lowest BCUT2D eigenvalue weighted by molar-refractivity contribution is -0.188. The zero-order valence-corrected chi connectivity index (χ0v) is 69.1. The van der Waals surface area contributed by atoms with Crippen LogP contribution in [0.25, 0.3) is 67.3 Å². The van der Waals surface area contributed by atoms with Gasteiger partial charge in [0.25, 0.3) is 5.91 Å². The SMILES string of the molecule is CC(C)(C)OC(=O)N1CCC[C@H]1c1cc(-c2ccc(-c3ccc(-c4cc([C@@H]5CCCN5C(=O)OC(C)(C)C)[nH]n4)cc3)cc2)n[nH]1.COC(=O)N[C@@H](C(=O)O)c1ccccc1.COOC=N[C@@H](C(=O)N1CCC[C@H]1c1cc(-c2ccc(-c3ccc(-c4cc([C@@H]5CCCN5C(=O)[C@H](NC(=O)OC)c5ccccc5)[nH]n4)cc3)cc2)n[nH]1)c1ccccc1. The fourth-order valence-electron chi connectivity index (χ4n) is 15.5. The zero-order chi connectivity index (χ0) is 85.3. The summed E-state index contributed by atoms with van der Waals surface area (Å²) in [4.78, 5) is 109. The monoisotopic (exact) mass is 1640 g/mol. The Bertz CT molecular complexity index is 5230. The molecule has 0 aliphatic carbocycles. The molecule has 4 aliphatic rings. The molecule has 4 saturated heterocycles. The second-order valence-corrected chi connectivity index (χ2v) is 31.8. The number of carboxylic acids is 1. The minimum absolute atomic E-state index is 0.0680. The van der Waals surface area contributed by atoms with Crippen LogP contribution in [0, 0.1) is 0 Å². The van der Waals surface area contributed by atoms with Gasteiger partial charge in [-0.1, -0.05) is 188 Å². The van der Waals surface area contributed by atoms with Gasteiger partial charge in [0.15, 0.2) is 12.1 Å². The highest BCUT2D eigenvalue weighted by molar-refractivity contribution is 5.88. The first-order chi connectivity index (χ1) is 58.4. The first-order valence-corrected chi connectivity index (χ1v) is 40.4. The zero-order valence-electron chi connectivity index (χ0n) is 69.1. The number of aromatic nitrogens is 8. The maximum Gasteiger partial charge on any atom is 0.410 e. The summed E-state index contributed by atoms with van der Waals surface area (Å²) in [6.45, 7) is 13.9. The molecule has 0 unspecified atom stereocenters. The average molecular weight is 1640 g/mol. The van der Waals surface area contributed by atoms with Gasteiger partial charge in [0, 0.05) is 48.4 Å². The Labute approximate surface area is 701 Å². The standard InChI is InChI=1S/C46H46N8O6.C36H44N6O4.C10H11NO4/c1-58-46(57)48-43(35-13-7-4-8-14-35)45(56)54-26-10-16-41(54)39-28-37(50-52-39)33-23-19-31(20-24-33)30-17-21-32(22-18-30)36-27-38(51-49-36)40-15-9-25-53(40)44(55)42(47-29-60-59-2)34-11-5-3-6-12-34;1-35(2,3)45-33(43)41-19-7-9-31(41)29-21-27(37-39-29)25-15-11-23(12-16-25)24-13-17-26(18-14-24)28-22-30(40-38-28)32-10-8-20-42(32)34(44)46-36(4,5)6;1-15-10(14)11-8(9(12)13)7-5-3-2-4-6-7/h3-8,11-14,17-24,27-29,40-43H,9-10,15-16,25-26H2,1-2H3,(H,48,57)(H,49,51)(H,50,52);11-18,21-22,31-32H,7-10,19-20H2,1-6H3,(H,37,39)(H,38,40);2-6,8H,1H3,(H,11,14)(H,12,13)/t40-,41-,42+,43+;31-,32-;8-/m001/s1. The van der Waals surface area contributed by atoms with E-state index in [0.717, 1.165) is 153 Å². The lowest BCUT2D eigenvalue weighted by Gasteiger charge is -2.28. The number of carboxylic acid groups (broad SMARTS) is 1. The number of aliphatic imine (C=N–C) groups is 1. The smallest absolute Gasteiger partial charge is 0.410 e. The van der Waals surface area contributed by atoms with Crippen molar-refractivity contribution in [2.45, 2.75) is 146 Å². The number of likely N-dealkylation sites (tertiary alicyclic amines) is 4. The van der Waals surface area contributed by atoms with E-state index in [1.54, 1.807) is 40.1 Å². The van der Waals surface area contributed by atoms with Gasteiger partial charge < -0.3 is 49.4 Å². The van der Waals surface area contributed by atoms with Crippen LogP contribution in [-0.2, 0) is 43.1 Å². The molecule has 628 valence electrons. The molecule has 4 fully saturated rings. The van der Waals surface area contributed by atoms with Gasteiger partial charge >= 0.3 is 30.3 Å². The van der Waals surface area contributed by atoms with E-state index < -0.39 is 47.5 Å². The third kappa shape index (κ3) is 21.2. The van der Waals surface area contributed by atoms with Crippen molar-refractivity contribution < 1.29 is 67.4 Å². The van der Waals surface area contributed by atoms with E-state index in [0.29, 0.717) is 37.3 Å². The number of hydrogen-bond acceptors (Lipinski definition) is 18. The third-order valence-corrected chi connectivity index (χ3v) is 21.4. The summed E-state index contributed by atoms with van der Waals surface area (Å²) in [6, 6.07) is 65.0. The topological polar surface area (TPSA) is 359 Å². The number of hydrogen-bond donors (Lipinski definition) is 7. The van der Waals surface area contributed by atoms with Crippen LogP contribution in [0.1, 0.15) is 175 Å². The lowest BCUT2D eigenvalue weighted by Crippen LogP contribution is -2.42. The first kappa shape index (κ1) is 85.2. The van der Waals surface area contributed by atoms with Crippen LogP contribution in [0.5, 0.6) is 0 Å². The molecule has 121 heavy (non-hydrogen) atoms. The number of carbonyl (C=O) groups is 7. The lowest BCUT2D eigenvalue weighted by atomic mass is 10.00. The van der Waals surface area contributed by atoms with Gasteiger partial charge in [0.05, 0.1) is 91.0 Å². The van der Waals surface area contributed by atoms with Crippen molar-refractivity contribution >= 4 is 48.6 Å². The molecule has 29 heteroatoms. The van der Waals surface area contributed by atoms with Gasteiger partial charge in [0.2, 0.25) is 12.3 Å². The normalized spacial score (nSPS) is 17.2. The van der Waals surface area contributed by atoms with Crippen molar-refractivity contribution in [2.24, 2.45) is 4.99 Å². The van der Waals surface area contributed by atoms with Gasteiger partial charge in [-0.2, -0.15) is 25.3 Å². The van der Waals surface area contributed by atoms with Gasteiger partial charge in [-0.05, 0) is 156 Å². The summed E-state index contributed by atoms with van der Waals surface area (Å²) in [6.07, 6.45) is 6.05. The highest BCUT2D eigenvalue weighted by atomic mass is 17.2. The van der Waals surface area contributed by atoms with Crippen LogP contribution in [0.3, 0.4) is 0 Å². The molecule has 7 N–H and O–H groups in total. The number of nitrogens with one attached hydrogen (secondary N) is 6. The Morgan fingerprint density at radius 1 is 0.405 bits per heavy atom. The minimum atomic E-state index is -1.13. The van der Waals surface area contributed by atoms with E-state index in [1.807, 2.05) is 148 Å².